The number of carbonyl (C=O) groups excluding carboxylic acids is 2. The largest absolute Gasteiger partial charge is 0.356 e. The summed E-state index contributed by atoms with van der Waals surface area (Å²) in [6, 6.07) is 13.4. The van der Waals surface area contributed by atoms with Gasteiger partial charge in [-0.25, -0.2) is 0 Å². The molecule has 0 saturated carbocycles. The number of benzene rings is 1. The number of hydrogen-bond donors (Lipinski definition) is 1. The van der Waals surface area contributed by atoms with Gasteiger partial charge in [0.1, 0.15) is 0 Å². The van der Waals surface area contributed by atoms with Gasteiger partial charge in [-0.15, -0.1) is 11.3 Å². The van der Waals surface area contributed by atoms with Crippen LogP contribution < -0.4 is 5.32 Å². The smallest absolute Gasteiger partial charge is 0.220 e. The molecule has 1 heterocycles. The van der Waals surface area contributed by atoms with Gasteiger partial charge < -0.3 is 5.32 Å². The van der Waals surface area contributed by atoms with Crippen LogP contribution in [-0.4, -0.2) is 18.2 Å². The maximum Gasteiger partial charge on any atom is 0.220 e. The third-order valence-corrected chi connectivity index (χ3v) is 4.28. The zero-order valence-electron chi connectivity index (χ0n) is 11.5. The van der Waals surface area contributed by atoms with Crippen molar-refractivity contribution >= 4 is 34.6 Å². The van der Waals surface area contributed by atoms with Crippen LogP contribution in [-0.2, 0) is 11.2 Å². The zero-order valence-corrected chi connectivity index (χ0v) is 13.0. The van der Waals surface area contributed by atoms with E-state index >= 15 is 0 Å². The number of carbonyl (C=O) groups is 2. The molecule has 1 N–H and O–H groups in total. The Morgan fingerprint density at radius 2 is 1.81 bits per heavy atom. The van der Waals surface area contributed by atoms with Crippen LogP contribution in [0.5, 0.6) is 0 Å². The zero-order chi connectivity index (χ0) is 15.1. The second kappa shape index (κ2) is 7.96. The van der Waals surface area contributed by atoms with Crippen LogP contribution in [0, 0.1) is 0 Å². The van der Waals surface area contributed by atoms with Gasteiger partial charge in [0.15, 0.2) is 5.78 Å². The minimum atomic E-state index is -0.0954. The molecule has 0 radical (unpaired) electrons. The molecule has 1 aromatic heterocycles. The summed E-state index contributed by atoms with van der Waals surface area (Å²) < 4.78 is 0.589. The van der Waals surface area contributed by atoms with Gasteiger partial charge in [-0.1, -0.05) is 41.9 Å². The van der Waals surface area contributed by atoms with E-state index in [1.807, 2.05) is 30.3 Å². The number of nitrogens with one attached hydrogen (secondary N) is 1. The predicted octanol–water partition coefficient (Wildman–Crippen LogP) is 3.72. The lowest BCUT2D eigenvalue weighted by Crippen LogP contribution is -2.25. The van der Waals surface area contributed by atoms with Crippen molar-refractivity contribution in [2.75, 3.05) is 6.54 Å². The quantitative estimate of drug-likeness (QED) is 0.790. The number of thiophene rings is 1. The van der Waals surface area contributed by atoms with E-state index in [2.05, 4.69) is 5.32 Å². The van der Waals surface area contributed by atoms with E-state index in [0.29, 0.717) is 15.8 Å². The van der Waals surface area contributed by atoms with E-state index < -0.39 is 0 Å². The van der Waals surface area contributed by atoms with E-state index in [-0.39, 0.29) is 24.5 Å². The molecule has 2 aromatic rings. The van der Waals surface area contributed by atoms with Crippen LogP contribution in [0.4, 0.5) is 0 Å². The molecular formula is C16H16ClNO2S. The number of ketones is 1. The molecule has 21 heavy (non-hydrogen) atoms. The number of rotatable bonds is 7. The molecule has 3 nitrogen and oxygen atoms in total. The van der Waals surface area contributed by atoms with E-state index in [0.717, 1.165) is 6.42 Å². The molecule has 0 aliphatic rings. The van der Waals surface area contributed by atoms with Crippen LogP contribution in [0.15, 0.2) is 42.5 Å². The lowest BCUT2D eigenvalue weighted by atomic mass is 10.1. The fourth-order valence-corrected chi connectivity index (χ4v) is 2.90. The minimum absolute atomic E-state index is 0.0369. The summed E-state index contributed by atoms with van der Waals surface area (Å²) in [5.41, 5.74) is 1.18. The predicted molar refractivity (Wildman–Crippen MR) is 86.0 cm³/mol. The first-order valence-corrected chi connectivity index (χ1v) is 7.94. The standard InChI is InChI=1S/C16H16ClNO2S/c17-15-8-7-14(21-15)13(19)6-9-16(20)18-11-10-12-4-2-1-3-5-12/h1-5,7-8H,6,9-11H2,(H,18,20). The molecule has 1 aromatic carbocycles. The average molecular weight is 322 g/mol. The maximum absolute atomic E-state index is 11.8. The van der Waals surface area contributed by atoms with Crippen molar-refractivity contribution in [1.29, 1.82) is 0 Å². The van der Waals surface area contributed by atoms with Crippen molar-refractivity contribution in [3.63, 3.8) is 0 Å². The lowest BCUT2D eigenvalue weighted by Gasteiger charge is -2.04. The monoisotopic (exact) mass is 321 g/mol. The van der Waals surface area contributed by atoms with Crippen LogP contribution in [0.2, 0.25) is 4.34 Å². The third kappa shape index (κ3) is 5.33. The molecule has 2 rings (SSSR count). The first-order valence-electron chi connectivity index (χ1n) is 6.74. The fourth-order valence-electron chi connectivity index (χ4n) is 1.89. The normalized spacial score (nSPS) is 10.3. The van der Waals surface area contributed by atoms with Crippen LogP contribution >= 0.6 is 22.9 Å². The van der Waals surface area contributed by atoms with Crippen molar-refractivity contribution in [2.24, 2.45) is 0 Å². The first kappa shape index (κ1) is 15.7. The van der Waals surface area contributed by atoms with Crippen molar-refractivity contribution in [1.82, 2.24) is 5.32 Å². The summed E-state index contributed by atoms with van der Waals surface area (Å²) in [6.07, 6.45) is 1.22. The molecule has 0 spiro atoms. The van der Waals surface area contributed by atoms with E-state index in [1.165, 1.54) is 16.9 Å². The van der Waals surface area contributed by atoms with Gasteiger partial charge >= 0.3 is 0 Å². The Bertz CT molecular complexity index is 610. The van der Waals surface area contributed by atoms with Gasteiger partial charge in [-0.05, 0) is 24.1 Å². The number of Topliss-reactive ketones (excluding diaryl/α,β-unsaturated/α-hetero) is 1. The summed E-state index contributed by atoms with van der Waals surface area (Å²) in [6.45, 7) is 0.585. The number of halogens is 1. The summed E-state index contributed by atoms with van der Waals surface area (Å²) in [5, 5.41) is 2.83. The van der Waals surface area contributed by atoms with E-state index in [9.17, 15) is 9.59 Å². The summed E-state index contributed by atoms with van der Waals surface area (Å²) in [4.78, 5) is 24.1. The molecule has 0 fully saturated rings. The molecular weight excluding hydrogens is 306 g/mol. The summed E-state index contributed by atoms with van der Waals surface area (Å²) in [7, 11) is 0. The van der Waals surface area contributed by atoms with Gasteiger partial charge in [0.2, 0.25) is 5.91 Å². The van der Waals surface area contributed by atoms with Crippen LogP contribution in [0.1, 0.15) is 28.1 Å². The maximum atomic E-state index is 11.8. The Labute approximate surface area is 132 Å². The van der Waals surface area contributed by atoms with Gasteiger partial charge in [-0.2, -0.15) is 0 Å². The second-order valence-corrected chi connectivity index (χ2v) is 6.33. The molecule has 0 unspecified atom stereocenters. The molecule has 0 aliphatic carbocycles. The Kier molecular flexibility index (Phi) is 5.96. The van der Waals surface area contributed by atoms with Gasteiger partial charge in [0.05, 0.1) is 9.21 Å². The lowest BCUT2D eigenvalue weighted by molar-refractivity contribution is -0.121. The Balaban J connectivity index is 1.67. The van der Waals surface area contributed by atoms with Crippen LogP contribution in [0.25, 0.3) is 0 Å². The second-order valence-electron chi connectivity index (χ2n) is 4.61. The first-order chi connectivity index (χ1) is 10.1. The highest BCUT2D eigenvalue weighted by Crippen LogP contribution is 2.22. The molecule has 0 saturated heterocycles. The van der Waals surface area contributed by atoms with Gasteiger partial charge in [-0.3, -0.25) is 9.59 Å². The molecule has 5 heteroatoms. The third-order valence-electron chi connectivity index (χ3n) is 3.01. The molecule has 110 valence electrons. The number of hydrogen-bond acceptors (Lipinski definition) is 3. The molecule has 1 amide bonds. The highest BCUT2D eigenvalue weighted by Gasteiger charge is 2.11. The average Bonchev–Trinajstić information content (AvgIpc) is 2.92. The highest BCUT2D eigenvalue weighted by molar-refractivity contribution is 7.18. The summed E-state index contributed by atoms with van der Waals surface area (Å²) >= 11 is 7.03. The highest BCUT2D eigenvalue weighted by atomic mass is 35.5. The number of amides is 1. The SMILES string of the molecule is O=C(CCC(=O)c1ccc(Cl)s1)NCCc1ccccc1. The van der Waals surface area contributed by atoms with Crippen molar-refractivity contribution in [3.05, 3.63) is 57.2 Å². The molecule has 0 aliphatic heterocycles. The Morgan fingerprint density at radius 1 is 1.05 bits per heavy atom. The van der Waals surface area contributed by atoms with Crippen molar-refractivity contribution in [2.45, 2.75) is 19.3 Å². The van der Waals surface area contributed by atoms with E-state index in [4.69, 9.17) is 11.6 Å². The molecule has 0 atom stereocenters. The molecule has 0 bridgehead atoms. The van der Waals surface area contributed by atoms with E-state index in [1.54, 1.807) is 12.1 Å². The Hall–Kier alpha value is -1.65. The fraction of sp³-hybridized carbons (Fsp3) is 0.250. The van der Waals surface area contributed by atoms with Crippen LogP contribution in [0.3, 0.4) is 0 Å². The minimum Gasteiger partial charge on any atom is -0.356 e. The topological polar surface area (TPSA) is 46.2 Å². The van der Waals surface area contributed by atoms with Gasteiger partial charge in [0.25, 0.3) is 0 Å². The summed E-state index contributed by atoms with van der Waals surface area (Å²) in [5.74, 6) is -0.132. The van der Waals surface area contributed by atoms with Crippen molar-refractivity contribution < 1.29 is 9.59 Å². The van der Waals surface area contributed by atoms with Gasteiger partial charge in [0, 0.05) is 19.4 Å². The Morgan fingerprint density at radius 3 is 2.48 bits per heavy atom. The van der Waals surface area contributed by atoms with Crippen molar-refractivity contribution in [3.8, 4) is 0 Å².